The normalized spacial score (nSPS) is 20.9. The molecule has 1 aliphatic heterocycles. The molecular formula is C24H36F2N5OP. The number of halogens is 2. The molecule has 0 aliphatic carbocycles. The Morgan fingerprint density at radius 2 is 1.88 bits per heavy atom. The number of likely N-dealkylation sites (N-methyl/N-ethyl adjacent to an activating group) is 1. The number of hydrogen-bond acceptors (Lipinski definition) is 6. The average Bonchev–Trinajstić information content (AvgIpc) is 3.27. The number of allylic oxidation sites excluding steroid dienone is 2. The first-order chi connectivity index (χ1) is 15.5. The standard InChI is InChI=1S/C24H36F2N5OP/c1-16(14-21(27)22-19(25)8-7-9-20(22)26)23-18(10-13-33(23,5)6)15-31(12-11-30(3)4)24-29-28-17(2)32-24/h7-9,14,18,33H,10-13,15,27H2,1-6H3/b21-14-,23-16-. The number of rotatable bonds is 8. The zero-order chi connectivity index (χ0) is 24.3. The van der Waals surface area contributed by atoms with E-state index in [0.717, 1.165) is 37.8 Å². The zero-order valence-corrected chi connectivity index (χ0v) is 21.5. The van der Waals surface area contributed by atoms with E-state index >= 15 is 0 Å². The van der Waals surface area contributed by atoms with Gasteiger partial charge in [0.05, 0.1) is 0 Å². The van der Waals surface area contributed by atoms with Crippen molar-refractivity contribution in [3.05, 3.63) is 58.3 Å². The van der Waals surface area contributed by atoms with Crippen LogP contribution >= 0.6 is 7.26 Å². The Hall–Kier alpha value is -2.31. The predicted octanol–water partition coefficient (Wildman–Crippen LogP) is 4.33. The van der Waals surface area contributed by atoms with Crippen molar-refractivity contribution in [3.63, 3.8) is 0 Å². The van der Waals surface area contributed by atoms with Crippen LogP contribution < -0.4 is 10.6 Å². The molecule has 33 heavy (non-hydrogen) atoms. The fourth-order valence-corrected chi connectivity index (χ4v) is 8.65. The molecule has 2 aromatic rings. The molecule has 9 heteroatoms. The van der Waals surface area contributed by atoms with E-state index in [-0.39, 0.29) is 17.2 Å². The first-order valence-electron chi connectivity index (χ1n) is 11.3. The molecule has 1 atom stereocenters. The van der Waals surface area contributed by atoms with Crippen molar-refractivity contribution in [2.75, 3.05) is 58.1 Å². The van der Waals surface area contributed by atoms with Gasteiger partial charge >= 0.3 is 196 Å². The average molecular weight is 480 g/mol. The number of aromatic nitrogens is 2. The number of benzene rings is 1. The van der Waals surface area contributed by atoms with E-state index in [9.17, 15) is 8.78 Å². The molecule has 1 fully saturated rings. The number of nitrogens with two attached hydrogens (primary N) is 1. The summed E-state index contributed by atoms with van der Waals surface area (Å²) in [6.45, 7) is 10.9. The van der Waals surface area contributed by atoms with Crippen molar-refractivity contribution in [2.45, 2.75) is 20.3 Å². The molecule has 0 spiro atoms. The maximum absolute atomic E-state index is 14.3. The number of nitrogens with zero attached hydrogens (tertiary/aromatic N) is 4. The molecule has 2 heterocycles. The summed E-state index contributed by atoms with van der Waals surface area (Å²) in [6, 6.07) is 4.33. The van der Waals surface area contributed by atoms with Gasteiger partial charge in [-0.2, -0.15) is 0 Å². The van der Waals surface area contributed by atoms with E-state index in [1.54, 1.807) is 13.0 Å². The summed E-state index contributed by atoms with van der Waals surface area (Å²) in [7, 11) is 2.36. The van der Waals surface area contributed by atoms with Crippen LogP contribution in [0.15, 0.2) is 39.6 Å². The van der Waals surface area contributed by atoms with E-state index < -0.39 is 18.9 Å². The maximum atomic E-state index is 14.3. The molecular weight excluding hydrogens is 443 g/mol. The van der Waals surface area contributed by atoms with Gasteiger partial charge in [-0.1, -0.05) is 0 Å². The number of anilines is 1. The summed E-state index contributed by atoms with van der Waals surface area (Å²) in [5.74, 6) is -0.476. The monoisotopic (exact) mass is 479 g/mol. The second-order valence-electron chi connectivity index (χ2n) is 9.77. The van der Waals surface area contributed by atoms with Gasteiger partial charge in [0, 0.05) is 0 Å². The molecule has 3 rings (SSSR count). The van der Waals surface area contributed by atoms with Gasteiger partial charge in [0.25, 0.3) is 0 Å². The fraction of sp³-hybridized carbons (Fsp3) is 0.500. The first-order valence-corrected chi connectivity index (χ1v) is 14.5. The SMILES string of the molecule is CC(/C=C(\N)c1c(F)cccc1F)=C1\C(CN(CCN(C)C)c2nnc(C)o2)CC[PH]1(C)C. The second-order valence-corrected chi connectivity index (χ2v) is 14.6. The van der Waals surface area contributed by atoms with Gasteiger partial charge in [0.2, 0.25) is 0 Å². The Labute approximate surface area is 195 Å². The van der Waals surface area contributed by atoms with E-state index in [0.29, 0.717) is 11.9 Å². The Morgan fingerprint density at radius 1 is 1.21 bits per heavy atom. The summed E-state index contributed by atoms with van der Waals surface area (Å²) in [4.78, 5) is 4.27. The van der Waals surface area contributed by atoms with Crippen LogP contribution in [0, 0.1) is 24.5 Å². The number of aryl methyl sites for hydroxylation is 1. The van der Waals surface area contributed by atoms with Crippen molar-refractivity contribution >= 4 is 19.0 Å². The van der Waals surface area contributed by atoms with Crippen molar-refractivity contribution in [1.29, 1.82) is 0 Å². The summed E-state index contributed by atoms with van der Waals surface area (Å²) in [6.07, 6.45) is 3.95. The van der Waals surface area contributed by atoms with Crippen LogP contribution in [-0.4, -0.2) is 68.3 Å². The van der Waals surface area contributed by atoms with E-state index in [4.69, 9.17) is 10.2 Å². The van der Waals surface area contributed by atoms with Crippen molar-refractivity contribution in [2.24, 2.45) is 11.7 Å². The molecule has 1 saturated heterocycles. The van der Waals surface area contributed by atoms with Gasteiger partial charge < -0.3 is 0 Å². The molecule has 2 N–H and O–H groups in total. The quantitative estimate of drug-likeness (QED) is 0.569. The van der Waals surface area contributed by atoms with Crippen LogP contribution in [0.1, 0.15) is 24.8 Å². The summed E-state index contributed by atoms with van der Waals surface area (Å²) in [5.41, 5.74) is 7.14. The third-order valence-electron chi connectivity index (χ3n) is 6.35. The Balaban J connectivity index is 1.95. The molecule has 0 radical (unpaired) electrons. The van der Waals surface area contributed by atoms with E-state index in [1.807, 2.05) is 21.0 Å². The molecule has 1 aliphatic rings. The Morgan fingerprint density at radius 3 is 2.45 bits per heavy atom. The summed E-state index contributed by atoms with van der Waals surface area (Å²) >= 11 is 0. The van der Waals surface area contributed by atoms with E-state index in [2.05, 4.69) is 33.3 Å². The van der Waals surface area contributed by atoms with Crippen LogP contribution in [0.2, 0.25) is 0 Å². The van der Waals surface area contributed by atoms with Crippen molar-refractivity contribution < 1.29 is 13.2 Å². The topological polar surface area (TPSA) is 71.4 Å². The molecule has 1 unspecified atom stereocenters. The van der Waals surface area contributed by atoms with Gasteiger partial charge in [0.1, 0.15) is 0 Å². The summed E-state index contributed by atoms with van der Waals surface area (Å²) < 4.78 is 34.3. The van der Waals surface area contributed by atoms with Crippen molar-refractivity contribution in [3.8, 4) is 0 Å². The summed E-state index contributed by atoms with van der Waals surface area (Å²) in [5, 5.41) is 9.64. The van der Waals surface area contributed by atoms with Gasteiger partial charge in [-0.25, -0.2) is 0 Å². The van der Waals surface area contributed by atoms with Gasteiger partial charge in [-0.3, -0.25) is 0 Å². The van der Waals surface area contributed by atoms with Crippen LogP contribution in [-0.2, 0) is 0 Å². The minimum absolute atomic E-state index is 0.114. The van der Waals surface area contributed by atoms with Crippen molar-refractivity contribution in [1.82, 2.24) is 15.1 Å². The molecule has 182 valence electrons. The third kappa shape index (κ3) is 5.98. The van der Waals surface area contributed by atoms with Crippen LogP contribution in [0.3, 0.4) is 0 Å². The molecule has 1 aromatic heterocycles. The molecule has 0 amide bonds. The fourth-order valence-electron chi connectivity index (χ4n) is 4.83. The zero-order valence-electron chi connectivity index (χ0n) is 20.5. The second kappa shape index (κ2) is 10.3. The molecule has 6 nitrogen and oxygen atoms in total. The predicted molar refractivity (Wildman–Crippen MR) is 134 cm³/mol. The van der Waals surface area contributed by atoms with Crippen LogP contribution in [0.5, 0.6) is 0 Å². The molecule has 0 bridgehead atoms. The Bertz CT molecular complexity index is 1030. The minimum atomic E-state index is -1.71. The van der Waals surface area contributed by atoms with Crippen LogP contribution in [0.4, 0.5) is 14.8 Å². The van der Waals surface area contributed by atoms with Gasteiger partial charge in [-0.15, -0.1) is 0 Å². The first kappa shape index (κ1) is 25.3. The van der Waals surface area contributed by atoms with Gasteiger partial charge in [-0.05, 0) is 0 Å². The van der Waals surface area contributed by atoms with Gasteiger partial charge in [0.15, 0.2) is 0 Å². The van der Waals surface area contributed by atoms with Crippen LogP contribution in [0.25, 0.3) is 5.70 Å². The Kier molecular flexibility index (Phi) is 7.91. The molecule has 1 aromatic carbocycles. The molecule has 0 saturated carbocycles. The number of hydrogen-bond donors (Lipinski definition) is 1. The third-order valence-corrected chi connectivity index (χ3v) is 10.1. The van der Waals surface area contributed by atoms with E-state index in [1.165, 1.54) is 23.5 Å².